The smallest absolute Gasteiger partial charge is 0.160 e. The van der Waals surface area contributed by atoms with Gasteiger partial charge in [-0.25, -0.2) is 0 Å². The van der Waals surface area contributed by atoms with Crippen molar-refractivity contribution in [1.29, 1.82) is 0 Å². The first-order valence-electron chi connectivity index (χ1n) is 13.2. The summed E-state index contributed by atoms with van der Waals surface area (Å²) in [5, 5.41) is 22.1. The lowest BCUT2D eigenvalue weighted by Gasteiger charge is -2.62. The number of aliphatic hydroxyl groups excluding tert-OH is 1. The molecule has 4 aliphatic rings. The van der Waals surface area contributed by atoms with E-state index in [0.29, 0.717) is 29.1 Å². The summed E-state index contributed by atoms with van der Waals surface area (Å²) in [6.45, 7) is 10.8. The molecule has 4 fully saturated rings. The van der Waals surface area contributed by atoms with Gasteiger partial charge in [0.1, 0.15) is 0 Å². The van der Waals surface area contributed by atoms with Crippen LogP contribution >= 0.6 is 0 Å². The quantitative estimate of drug-likeness (QED) is 0.391. The third-order valence-electron chi connectivity index (χ3n) is 10.3. The van der Waals surface area contributed by atoms with E-state index in [0.717, 1.165) is 18.8 Å². The molecule has 0 saturated heterocycles. The number of unbranched alkanes of at least 4 members (excludes halogenated alkanes) is 2. The number of ether oxygens (including phenoxy) is 1. The lowest BCUT2D eigenvalue weighted by Crippen LogP contribution is -2.59. The molecule has 0 bridgehead atoms. The van der Waals surface area contributed by atoms with Crippen LogP contribution in [-0.2, 0) is 4.74 Å². The molecular formula is C27H48O3. The van der Waals surface area contributed by atoms with E-state index in [-0.39, 0.29) is 17.6 Å². The van der Waals surface area contributed by atoms with Crippen molar-refractivity contribution in [1.82, 2.24) is 0 Å². The molecule has 9 atom stereocenters. The molecule has 3 nitrogen and oxygen atoms in total. The molecule has 2 N–H and O–H groups in total. The maximum Gasteiger partial charge on any atom is 0.160 e. The van der Waals surface area contributed by atoms with Crippen LogP contribution in [0.1, 0.15) is 112 Å². The van der Waals surface area contributed by atoms with Crippen molar-refractivity contribution in [2.45, 2.75) is 130 Å². The minimum Gasteiger partial charge on any atom is -0.392 e. The minimum atomic E-state index is -1.08. The molecule has 0 amide bonds. The van der Waals surface area contributed by atoms with Crippen molar-refractivity contribution >= 4 is 0 Å². The predicted octanol–water partition coefficient (Wildman–Crippen LogP) is 6.31. The molecule has 174 valence electrons. The molecule has 30 heavy (non-hydrogen) atoms. The van der Waals surface area contributed by atoms with E-state index >= 15 is 0 Å². The average molecular weight is 421 g/mol. The standard InChI is InChI=1S/C27H48O3/c1-6-7-8-11-18-16-21-23-20(13-15-27(21,5)24(18)28)26(4)14-10-9-12-19(26)17-22(23)30-25(2,3)29/h18-24,28-29H,6-17H2,1-5H3/t18?,19?,20?,21?,22?,23?,24?,26-,27-/m0/s1. The summed E-state index contributed by atoms with van der Waals surface area (Å²) in [6.07, 6.45) is 15.0. The number of aliphatic hydroxyl groups is 2. The third-order valence-corrected chi connectivity index (χ3v) is 10.3. The lowest BCUT2D eigenvalue weighted by atomic mass is 9.44. The highest BCUT2D eigenvalue weighted by atomic mass is 16.6. The van der Waals surface area contributed by atoms with Gasteiger partial charge in [-0.3, -0.25) is 0 Å². The summed E-state index contributed by atoms with van der Waals surface area (Å²) in [7, 11) is 0. The van der Waals surface area contributed by atoms with Crippen molar-refractivity contribution in [3.63, 3.8) is 0 Å². The zero-order valence-electron chi connectivity index (χ0n) is 20.3. The molecule has 7 unspecified atom stereocenters. The average Bonchev–Trinajstić information content (AvgIpc) is 2.92. The van der Waals surface area contributed by atoms with E-state index in [4.69, 9.17) is 4.74 Å². The van der Waals surface area contributed by atoms with Gasteiger partial charge >= 0.3 is 0 Å². The van der Waals surface area contributed by atoms with Gasteiger partial charge in [-0.05, 0) is 99.2 Å². The first kappa shape index (κ1) is 23.1. The Bertz CT molecular complexity index is 597. The van der Waals surface area contributed by atoms with Gasteiger partial charge in [-0.2, -0.15) is 0 Å². The zero-order chi connectivity index (χ0) is 21.7. The summed E-state index contributed by atoms with van der Waals surface area (Å²) in [5.41, 5.74) is 0.450. The van der Waals surface area contributed by atoms with Crippen molar-refractivity contribution < 1.29 is 14.9 Å². The SMILES string of the molecule is CCCCCC1CC2C3C(OC(C)(C)O)CC4CCCC[C@]4(C)C3CC[C@]2(C)C1O. The maximum atomic E-state index is 11.5. The van der Waals surface area contributed by atoms with Crippen LogP contribution in [-0.4, -0.2) is 28.2 Å². The summed E-state index contributed by atoms with van der Waals surface area (Å²) in [4.78, 5) is 0. The Morgan fingerprint density at radius 2 is 1.73 bits per heavy atom. The summed E-state index contributed by atoms with van der Waals surface area (Å²) in [5.74, 6) is 1.80. The molecule has 0 radical (unpaired) electrons. The van der Waals surface area contributed by atoms with Crippen molar-refractivity contribution in [2.75, 3.05) is 0 Å². The van der Waals surface area contributed by atoms with Crippen molar-refractivity contribution in [3.05, 3.63) is 0 Å². The van der Waals surface area contributed by atoms with Crippen LogP contribution in [0.25, 0.3) is 0 Å². The molecular weight excluding hydrogens is 372 g/mol. The van der Waals surface area contributed by atoms with Crippen LogP contribution in [0.5, 0.6) is 0 Å². The molecule has 4 saturated carbocycles. The van der Waals surface area contributed by atoms with Gasteiger partial charge in [0.25, 0.3) is 0 Å². The fourth-order valence-electron chi connectivity index (χ4n) is 8.81. The molecule has 0 aromatic rings. The van der Waals surface area contributed by atoms with Crippen LogP contribution < -0.4 is 0 Å². The molecule has 0 spiro atoms. The number of hydrogen-bond donors (Lipinski definition) is 2. The molecule has 0 aromatic carbocycles. The van der Waals surface area contributed by atoms with Gasteiger partial charge < -0.3 is 14.9 Å². The van der Waals surface area contributed by atoms with E-state index in [1.165, 1.54) is 64.2 Å². The first-order chi connectivity index (χ1) is 14.1. The lowest BCUT2D eigenvalue weighted by molar-refractivity contribution is -0.264. The topological polar surface area (TPSA) is 49.7 Å². The Hall–Kier alpha value is -0.120. The Morgan fingerprint density at radius 1 is 0.967 bits per heavy atom. The van der Waals surface area contributed by atoms with Gasteiger partial charge in [0.15, 0.2) is 5.79 Å². The Balaban J connectivity index is 1.64. The van der Waals surface area contributed by atoms with E-state index in [1.54, 1.807) is 13.8 Å². The maximum absolute atomic E-state index is 11.5. The Labute approximate surface area is 185 Å². The van der Waals surface area contributed by atoms with Crippen molar-refractivity contribution in [3.8, 4) is 0 Å². The van der Waals surface area contributed by atoms with Gasteiger partial charge in [0.2, 0.25) is 0 Å². The number of fused-ring (bicyclic) bond motifs is 5. The Kier molecular flexibility index (Phi) is 6.41. The van der Waals surface area contributed by atoms with Crippen LogP contribution in [0.15, 0.2) is 0 Å². The number of hydrogen-bond acceptors (Lipinski definition) is 3. The first-order valence-corrected chi connectivity index (χ1v) is 13.2. The third kappa shape index (κ3) is 3.90. The zero-order valence-corrected chi connectivity index (χ0v) is 20.3. The molecule has 0 heterocycles. The highest BCUT2D eigenvalue weighted by Gasteiger charge is 2.64. The second-order valence-corrected chi connectivity index (χ2v) is 12.6. The highest BCUT2D eigenvalue weighted by molar-refractivity contribution is 5.13. The molecule has 0 aromatic heterocycles. The molecule has 0 aliphatic heterocycles. The summed E-state index contributed by atoms with van der Waals surface area (Å²) in [6, 6.07) is 0. The largest absolute Gasteiger partial charge is 0.392 e. The van der Waals surface area contributed by atoms with Gasteiger partial charge in [0.05, 0.1) is 12.2 Å². The number of rotatable bonds is 6. The molecule has 4 aliphatic carbocycles. The van der Waals surface area contributed by atoms with E-state index in [2.05, 4.69) is 20.8 Å². The summed E-state index contributed by atoms with van der Waals surface area (Å²) < 4.78 is 6.44. The fraction of sp³-hybridized carbons (Fsp3) is 1.00. The van der Waals surface area contributed by atoms with Crippen LogP contribution in [0.4, 0.5) is 0 Å². The molecule has 4 rings (SSSR count). The molecule has 3 heteroatoms. The fourth-order valence-corrected chi connectivity index (χ4v) is 8.81. The van der Waals surface area contributed by atoms with Crippen LogP contribution in [0, 0.1) is 40.4 Å². The van der Waals surface area contributed by atoms with Gasteiger partial charge in [-0.1, -0.05) is 52.9 Å². The predicted molar refractivity (Wildman–Crippen MR) is 122 cm³/mol. The monoisotopic (exact) mass is 420 g/mol. The van der Waals surface area contributed by atoms with Crippen LogP contribution in [0.2, 0.25) is 0 Å². The highest BCUT2D eigenvalue weighted by Crippen LogP contribution is 2.67. The van der Waals surface area contributed by atoms with E-state index in [9.17, 15) is 10.2 Å². The Morgan fingerprint density at radius 3 is 2.43 bits per heavy atom. The minimum absolute atomic E-state index is 0.0249. The normalized spacial score (nSPS) is 48.7. The van der Waals surface area contributed by atoms with Gasteiger partial charge in [-0.15, -0.1) is 0 Å². The van der Waals surface area contributed by atoms with Crippen LogP contribution in [0.3, 0.4) is 0 Å². The van der Waals surface area contributed by atoms with Crippen molar-refractivity contribution in [2.24, 2.45) is 40.4 Å². The second kappa shape index (κ2) is 8.34. The van der Waals surface area contributed by atoms with E-state index < -0.39 is 5.79 Å². The second-order valence-electron chi connectivity index (χ2n) is 12.6. The summed E-state index contributed by atoms with van der Waals surface area (Å²) >= 11 is 0. The van der Waals surface area contributed by atoms with E-state index in [1.807, 2.05) is 0 Å². The van der Waals surface area contributed by atoms with Gasteiger partial charge in [0, 0.05) is 0 Å².